The molecule has 0 fully saturated rings. The standard InChI is InChI=1S/C30H24F3NO5/c1-16-12-25(34-39-16)17-2-4-18(5-3-17)29-23-9-11-26(22(23)8-10-24(29)30(31,32)33)38-20-6-7-21-19(13-28(35)36)15-37-27(21)14-20/h2-8,10,12,14,19,26H,9,11,13,15H2,1H3,(H,35,36)/t19-,26-/m1/s1. The van der Waals surface area contributed by atoms with Gasteiger partial charge in [-0.1, -0.05) is 41.6 Å². The molecule has 2 aliphatic rings. The Morgan fingerprint density at radius 3 is 2.49 bits per heavy atom. The maximum Gasteiger partial charge on any atom is 0.417 e. The van der Waals surface area contributed by atoms with Crippen LogP contribution in [-0.4, -0.2) is 22.8 Å². The lowest BCUT2D eigenvalue weighted by Crippen LogP contribution is -2.10. The van der Waals surface area contributed by atoms with E-state index in [9.17, 15) is 18.0 Å². The number of aromatic nitrogens is 1. The average Bonchev–Trinajstić information content (AvgIpc) is 3.62. The molecule has 0 unspecified atom stereocenters. The molecule has 0 radical (unpaired) electrons. The number of aliphatic carboxylic acids is 1. The van der Waals surface area contributed by atoms with Crippen LogP contribution in [0.3, 0.4) is 0 Å². The Kier molecular flexibility index (Phi) is 6.09. The summed E-state index contributed by atoms with van der Waals surface area (Å²) < 4.78 is 59.4. The van der Waals surface area contributed by atoms with E-state index in [1.807, 2.05) is 0 Å². The summed E-state index contributed by atoms with van der Waals surface area (Å²) >= 11 is 0. The zero-order valence-corrected chi connectivity index (χ0v) is 20.9. The van der Waals surface area contributed by atoms with Gasteiger partial charge in [-0.25, -0.2) is 0 Å². The van der Waals surface area contributed by atoms with Gasteiger partial charge in [0.05, 0.1) is 18.6 Å². The first-order valence-corrected chi connectivity index (χ1v) is 12.6. The van der Waals surface area contributed by atoms with Crippen molar-refractivity contribution in [2.45, 2.75) is 44.4 Å². The molecule has 9 heteroatoms. The summed E-state index contributed by atoms with van der Waals surface area (Å²) in [5.41, 5.74) is 3.50. The van der Waals surface area contributed by atoms with Crippen LogP contribution in [0.25, 0.3) is 22.4 Å². The van der Waals surface area contributed by atoms with Gasteiger partial charge in [-0.2, -0.15) is 13.2 Å². The Balaban J connectivity index is 1.32. The predicted molar refractivity (Wildman–Crippen MR) is 136 cm³/mol. The zero-order valence-electron chi connectivity index (χ0n) is 20.9. The highest BCUT2D eigenvalue weighted by molar-refractivity contribution is 5.76. The van der Waals surface area contributed by atoms with Crippen molar-refractivity contribution in [2.75, 3.05) is 6.61 Å². The SMILES string of the molecule is Cc1cc(-c2ccc(-c3c(C(F)(F)F)ccc4c3CC[C@H]4Oc3ccc4c(c3)OC[C@H]4CC(=O)O)cc2)no1. The van der Waals surface area contributed by atoms with Gasteiger partial charge < -0.3 is 19.1 Å². The molecule has 0 amide bonds. The number of rotatable bonds is 6. The molecule has 200 valence electrons. The van der Waals surface area contributed by atoms with Gasteiger partial charge in [0, 0.05) is 29.2 Å². The molecule has 0 saturated heterocycles. The number of halogens is 3. The summed E-state index contributed by atoms with van der Waals surface area (Å²) in [6.07, 6.45) is -4.00. The predicted octanol–water partition coefficient (Wildman–Crippen LogP) is 7.35. The highest BCUT2D eigenvalue weighted by Gasteiger charge is 2.38. The fraction of sp³-hybridized carbons (Fsp3) is 0.267. The number of carboxylic acid groups (broad SMARTS) is 1. The van der Waals surface area contributed by atoms with Crippen LogP contribution in [-0.2, 0) is 17.4 Å². The first-order chi connectivity index (χ1) is 18.7. The number of hydrogen-bond donors (Lipinski definition) is 1. The molecule has 3 aromatic carbocycles. The van der Waals surface area contributed by atoms with Crippen LogP contribution in [0.1, 0.15) is 52.9 Å². The van der Waals surface area contributed by atoms with Crippen molar-refractivity contribution in [1.29, 1.82) is 0 Å². The van der Waals surface area contributed by atoms with Crippen molar-refractivity contribution < 1.29 is 37.1 Å². The van der Waals surface area contributed by atoms with E-state index in [1.54, 1.807) is 55.5 Å². The summed E-state index contributed by atoms with van der Waals surface area (Å²) in [5, 5.41) is 13.1. The molecule has 6 rings (SSSR count). The highest BCUT2D eigenvalue weighted by Crippen LogP contribution is 2.47. The second-order valence-electron chi connectivity index (χ2n) is 9.90. The molecule has 0 saturated carbocycles. The van der Waals surface area contributed by atoms with Gasteiger partial charge in [0.2, 0.25) is 0 Å². The lowest BCUT2D eigenvalue weighted by Gasteiger charge is -2.20. The molecule has 2 heterocycles. The second-order valence-corrected chi connectivity index (χ2v) is 9.90. The normalized spacial score (nSPS) is 17.9. The monoisotopic (exact) mass is 535 g/mol. The van der Waals surface area contributed by atoms with Crippen molar-refractivity contribution in [3.05, 3.63) is 88.7 Å². The Labute approximate surface area is 222 Å². The minimum absolute atomic E-state index is 0.0211. The van der Waals surface area contributed by atoms with Crippen molar-refractivity contribution in [2.24, 2.45) is 0 Å². The van der Waals surface area contributed by atoms with E-state index in [0.29, 0.717) is 46.9 Å². The van der Waals surface area contributed by atoms with Crippen LogP contribution in [0, 0.1) is 6.92 Å². The average molecular weight is 536 g/mol. The van der Waals surface area contributed by atoms with E-state index in [2.05, 4.69) is 5.16 Å². The molecule has 1 aliphatic carbocycles. The summed E-state index contributed by atoms with van der Waals surface area (Å²) in [5.74, 6) is 0.636. The molecule has 39 heavy (non-hydrogen) atoms. The molecule has 0 bridgehead atoms. The summed E-state index contributed by atoms with van der Waals surface area (Å²) in [7, 11) is 0. The number of carboxylic acids is 1. The van der Waals surface area contributed by atoms with Gasteiger partial charge in [0.1, 0.15) is 29.1 Å². The first kappa shape index (κ1) is 25.0. The maximum atomic E-state index is 14.1. The third-order valence-electron chi connectivity index (χ3n) is 7.32. The van der Waals surface area contributed by atoms with Crippen LogP contribution in [0.15, 0.2) is 65.2 Å². The van der Waals surface area contributed by atoms with Crippen LogP contribution in [0.5, 0.6) is 11.5 Å². The van der Waals surface area contributed by atoms with Gasteiger partial charge in [-0.05, 0) is 54.2 Å². The van der Waals surface area contributed by atoms with Crippen molar-refractivity contribution in [3.63, 3.8) is 0 Å². The number of hydrogen-bond acceptors (Lipinski definition) is 5. The quantitative estimate of drug-likeness (QED) is 0.278. The lowest BCUT2D eigenvalue weighted by atomic mass is 9.90. The zero-order chi connectivity index (χ0) is 27.3. The molecule has 1 aromatic heterocycles. The molecule has 2 atom stereocenters. The highest BCUT2D eigenvalue weighted by atomic mass is 19.4. The third kappa shape index (κ3) is 4.73. The van der Waals surface area contributed by atoms with E-state index >= 15 is 0 Å². The Morgan fingerprint density at radius 1 is 1.05 bits per heavy atom. The molecule has 6 nitrogen and oxygen atoms in total. The number of nitrogens with zero attached hydrogens (tertiary/aromatic N) is 1. The minimum atomic E-state index is -4.52. The molecule has 0 spiro atoms. The van der Waals surface area contributed by atoms with Gasteiger partial charge in [0.25, 0.3) is 0 Å². The molecule has 1 aliphatic heterocycles. The largest absolute Gasteiger partial charge is 0.492 e. The molecular formula is C30H24F3NO5. The fourth-order valence-corrected chi connectivity index (χ4v) is 5.54. The van der Waals surface area contributed by atoms with E-state index in [4.69, 9.17) is 19.1 Å². The second kappa shape index (κ2) is 9.48. The number of fused-ring (bicyclic) bond motifs is 2. The summed E-state index contributed by atoms with van der Waals surface area (Å²) in [6, 6.07) is 16.6. The Bertz CT molecular complexity index is 1560. The van der Waals surface area contributed by atoms with Crippen LogP contribution < -0.4 is 9.47 Å². The van der Waals surface area contributed by atoms with E-state index < -0.39 is 23.8 Å². The van der Waals surface area contributed by atoms with Crippen molar-refractivity contribution in [3.8, 4) is 33.9 Å². The van der Waals surface area contributed by atoms with E-state index in [1.165, 1.54) is 6.07 Å². The third-order valence-corrected chi connectivity index (χ3v) is 7.32. The van der Waals surface area contributed by atoms with E-state index in [-0.39, 0.29) is 24.5 Å². The summed E-state index contributed by atoms with van der Waals surface area (Å²) in [6.45, 7) is 2.06. The van der Waals surface area contributed by atoms with Crippen LogP contribution in [0.4, 0.5) is 13.2 Å². The van der Waals surface area contributed by atoms with Gasteiger partial charge in [-0.15, -0.1) is 0 Å². The number of ether oxygens (including phenoxy) is 2. The van der Waals surface area contributed by atoms with E-state index in [0.717, 1.165) is 22.8 Å². The van der Waals surface area contributed by atoms with Crippen LogP contribution >= 0.6 is 0 Å². The molecule has 1 N–H and O–H groups in total. The van der Waals surface area contributed by atoms with Crippen molar-refractivity contribution in [1.82, 2.24) is 5.16 Å². The molecular weight excluding hydrogens is 511 g/mol. The fourth-order valence-electron chi connectivity index (χ4n) is 5.54. The number of aryl methyl sites for hydroxylation is 1. The molecule has 4 aromatic rings. The maximum absolute atomic E-state index is 14.1. The lowest BCUT2D eigenvalue weighted by molar-refractivity contribution is -0.138. The summed E-state index contributed by atoms with van der Waals surface area (Å²) in [4.78, 5) is 11.1. The van der Waals surface area contributed by atoms with Crippen LogP contribution in [0.2, 0.25) is 0 Å². The van der Waals surface area contributed by atoms with Gasteiger partial charge >= 0.3 is 12.1 Å². The number of benzene rings is 3. The minimum Gasteiger partial charge on any atom is -0.492 e. The number of carbonyl (C=O) groups is 1. The van der Waals surface area contributed by atoms with Gasteiger partial charge in [0.15, 0.2) is 0 Å². The Hall–Kier alpha value is -4.27. The Morgan fingerprint density at radius 2 is 1.79 bits per heavy atom. The number of alkyl halides is 3. The van der Waals surface area contributed by atoms with Crippen molar-refractivity contribution >= 4 is 5.97 Å². The smallest absolute Gasteiger partial charge is 0.417 e. The first-order valence-electron chi connectivity index (χ1n) is 12.6. The van der Waals surface area contributed by atoms with Gasteiger partial charge in [-0.3, -0.25) is 4.79 Å². The topological polar surface area (TPSA) is 81.8 Å².